The van der Waals surface area contributed by atoms with Crippen LogP contribution in [0.15, 0.2) is 47.4 Å². The minimum Gasteiger partial charge on any atom is -0.379 e. The molecule has 0 aromatic heterocycles. The van der Waals surface area contributed by atoms with Gasteiger partial charge in [0.25, 0.3) is 0 Å². The fraction of sp³-hybridized carbons (Fsp3) is 0.458. The Bertz CT molecular complexity index is 949. The lowest BCUT2D eigenvalue weighted by atomic mass is 10.1. The minimum absolute atomic E-state index is 0.134. The van der Waals surface area contributed by atoms with E-state index in [1.807, 2.05) is 63.2 Å². The van der Waals surface area contributed by atoms with Crippen LogP contribution in [0.1, 0.15) is 42.5 Å². The molecular weight excluding hydrogens is 412 g/mol. The molecule has 1 atom stereocenters. The van der Waals surface area contributed by atoms with Crippen molar-refractivity contribution in [1.29, 1.82) is 0 Å². The molecule has 0 saturated carbocycles. The maximum Gasteiger partial charge on any atom is 0.241 e. The van der Waals surface area contributed by atoms with Gasteiger partial charge in [0.15, 0.2) is 0 Å². The van der Waals surface area contributed by atoms with E-state index in [0.717, 1.165) is 11.1 Å². The summed E-state index contributed by atoms with van der Waals surface area (Å²) in [6, 6.07) is 12.1. The minimum atomic E-state index is -3.88. The van der Waals surface area contributed by atoms with Crippen molar-refractivity contribution in [3.8, 4) is 0 Å². The van der Waals surface area contributed by atoms with Crippen LogP contribution in [0.3, 0.4) is 0 Å². The van der Waals surface area contributed by atoms with Gasteiger partial charge in [-0.2, -0.15) is 4.72 Å². The first-order valence-electron chi connectivity index (χ1n) is 10.6. The number of carbonyl (C=O) groups excluding carboxylic acids is 1. The number of sulfonamides is 1. The standard InChI is InChI=1S/C24H34N2O4S/c1-17(2)30-13-9-12-25-24(27)22(16-21-10-7-6-8-11-21)26-31(28,29)23-19(4)14-18(3)15-20(23)5/h6-8,10-11,14-15,17,22,26H,9,12-13,16H2,1-5H3,(H,25,27)/t22-/m1/s1. The van der Waals surface area contributed by atoms with E-state index in [1.165, 1.54) is 0 Å². The zero-order valence-corrected chi connectivity index (χ0v) is 19.9. The molecule has 6 nitrogen and oxygen atoms in total. The molecule has 1 amide bonds. The van der Waals surface area contributed by atoms with Crippen molar-refractivity contribution in [3.63, 3.8) is 0 Å². The number of carbonyl (C=O) groups is 1. The van der Waals surface area contributed by atoms with Crippen LogP contribution in [0.4, 0.5) is 0 Å². The molecule has 0 aliphatic heterocycles. The first-order chi connectivity index (χ1) is 14.6. The van der Waals surface area contributed by atoms with E-state index in [2.05, 4.69) is 10.0 Å². The van der Waals surface area contributed by atoms with Crippen LogP contribution in [0.25, 0.3) is 0 Å². The number of hydrogen-bond donors (Lipinski definition) is 2. The zero-order valence-electron chi connectivity index (χ0n) is 19.1. The lowest BCUT2D eigenvalue weighted by Crippen LogP contribution is -2.48. The fourth-order valence-electron chi connectivity index (χ4n) is 3.60. The Kier molecular flexibility index (Phi) is 9.22. The van der Waals surface area contributed by atoms with Gasteiger partial charge in [0, 0.05) is 13.2 Å². The molecule has 0 unspecified atom stereocenters. The van der Waals surface area contributed by atoms with Crippen molar-refractivity contribution in [2.75, 3.05) is 13.2 Å². The summed E-state index contributed by atoms with van der Waals surface area (Å²) in [4.78, 5) is 13.1. The Balaban J connectivity index is 2.19. The van der Waals surface area contributed by atoms with Gasteiger partial charge in [0.2, 0.25) is 15.9 Å². The van der Waals surface area contributed by atoms with Crippen molar-refractivity contribution in [2.24, 2.45) is 0 Å². The average Bonchev–Trinajstić information content (AvgIpc) is 2.66. The lowest BCUT2D eigenvalue weighted by molar-refractivity contribution is -0.122. The average molecular weight is 447 g/mol. The van der Waals surface area contributed by atoms with Gasteiger partial charge in [-0.15, -0.1) is 0 Å². The lowest BCUT2D eigenvalue weighted by Gasteiger charge is -2.21. The second-order valence-electron chi connectivity index (χ2n) is 8.16. The SMILES string of the molecule is Cc1cc(C)c(S(=O)(=O)N[C@H](Cc2ccccc2)C(=O)NCCCOC(C)C)c(C)c1. The predicted molar refractivity (Wildman–Crippen MR) is 124 cm³/mol. The topological polar surface area (TPSA) is 84.5 Å². The van der Waals surface area contributed by atoms with Crippen molar-refractivity contribution in [2.45, 2.75) is 64.5 Å². The maximum atomic E-state index is 13.2. The number of amides is 1. The molecule has 2 aromatic carbocycles. The van der Waals surface area contributed by atoms with Gasteiger partial charge in [-0.1, -0.05) is 48.0 Å². The number of aryl methyl sites for hydroxylation is 3. The number of benzene rings is 2. The van der Waals surface area contributed by atoms with Gasteiger partial charge in [-0.3, -0.25) is 4.79 Å². The molecule has 0 aliphatic carbocycles. The van der Waals surface area contributed by atoms with Gasteiger partial charge in [-0.05, 0) is 64.2 Å². The van der Waals surface area contributed by atoms with Crippen LogP contribution < -0.4 is 10.0 Å². The molecular formula is C24H34N2O4S. The summed E-state index contributed by atoms with van der Waals surface area (Å²) >= 11 is 0. The summed E-state index contributed by atoms with van der Waals surface area (Å²) < 4.78 is 34.6. The third-order valence-corrected chi connectivity index (χ3v) is 6.62. The summed E-state index contributed by atoms with van der Waals surface area (Å²) in [6.07, 6.45) is 1.05. The van der Waals surface area contributed by atoms with Crippen LogP contribution in [0.5, 0.6) is 0 Å². The highest BCUT2D eigenvalue weighted by atomic mass is 32.2. The molecule has 0 aliphatic rings. The Morgan fingerprint density at radius 3 is 2.23 bits per heavy atom. The van der Waals surface area contributed by atoms with Crippen molar-refractivity contribution < 1.29 is 17.9 Å². The molecule has 0 heterocycles. The van der Waals surface area contributed by atoms with E-state index in [9.17, 15) is 13.2 Å². The van der Waals surface area contributed by atoms with Crippen molar-refractivity contribution in [1.82, 2.24) is 10.0 Å². The number of hydrogen-bond acceptors (Lipinski definition) is 4. The third-order valence-electron chi connectivity index (χ3n) is 4.84. The first-order valence-corrected chi connectivity index (χ1v) is 12.1. The molecule has 0 spiro atoms. The summed E-state index contributed by atoms with van der Waals surface area (Å²) in [5.74, 6) is -0.348. The smallest absolute Gasteiger partial charge is 0.241 e. The summed E-state index contributed by atoms with van der Waals surface area (Å²) in [6.45, 7) is 10.3. The molecule has 31 heavy (non-hydrogen) atoms. The van der Waals surface area contributed by atoms with Crippen LogP contribution in [-0.2, 0) is 26.0 Å². The van der Waals surface area contributed by atoms with Gasteiger partial charge in [-0.25, -0.2) is 8.42 Å². The Morgan fingerprint density at radius 1 is 1.03 bits per heavy atom. The number of nitrogens with one attached hydrogen (secondary N) is 2. The number of rotatable bonds is 11. The normalized spacial score (nSPS) is 12.7. The maximum absolute atomic E-state index is 13.2. The summed E-state index contributed by atoms with van der Waals surface area (Å²) in [5.41, 5.74) is 3.20. The van der Waals surface area contributed by atoms with E-state index in [4.69, 9.17) is 4.74 Å². The molecule has 2 N–H and O–H groups in total. The van der Waals surface area contributed by atoms with Gasteiger partial charge in [0.1, 0.15) is 6.04 Å². The highest BCUT2D eigenvalue weighted by molar-refractivity contribution is 7.89. The molecule has 2 aromatic rings. The second-order valence-corrected chi connectivity index (χ2v) is 9.81. The molecule has 0 radical (unpaired) electrons. The molecule has 170 valence electrons. The second kappa shape index (κ2) is 11.4. The van der Waals surface area contributed by atoms with Crippen LogP contribution >= 0.6 is 0 Å². The summed E-state index contributed by atoms with van der Waals surface area (Å²) in [5, 5.41) is 2.84. The Hall–Kier alpha value is -2.22. The van der Waals surface area contributed by atoms with Crippen molar-refractivity contribution in [3.05, 3.63) is 64.7 Å². The molecule has 7 heteroatoms. The zero-order chi connectivity index (χ0) is 23.0. The fourth-order valence-corrected chi connectivity index (χ4v) is 5.25. The van der Waals surface area contributed by atoms with Crippen LogP contribution in [0.2, 0.25) is 0 Å². The molecule has 0 saturated heterocycles. The molecule has 0 bridgehead atoms. The summed E-state index contributed by atoms with van der Waals surface area (Å²) in [7, 11) is -3.88. The van der Waals surface area contributed by atoms with Gasteiger partial charge >= 0.3 is 0 Å². The van der Waals surface area contributed by atoms with Crippen LogP contribution in [0, 0.1) is 20.8 Å². The highest BCUT2D eigenvalue weighted by Gasteiger charge is 2.28. The van der Waals surface area contributed by atoms with Crippen molar-refractivity contribution >= 4 is 15.9 Å². The van der Waals surface area contributed by atoms with E-state index < -0.39 is 16.1 Å². The number of ether oxygens (including phenoxy) is 1. The monoisotopic (exact) mass is 446 g/mol. The van der Waals surface area contributed by atoms with E-state index in [-0.39, 0.29) is 23.3 Å². The van der Waals surface area contributed by atoms with E-state index in [0.29, 0.717) is 30.7 Å². The van der Waals surface area contributed by atoms with Gasteiger partial charge < -0.3 is 10.1 Å². The van der Waals surface area contributed by atoms with E-state index in [1.54, 1.807) is 13.8 Å². The van der Waals surface area contributed by atoms with Gasteiger partial charge in [0.05, 0.1) is 11.0 Å². The first kappa shape index (κ1) is 25.0. The molecule has 0 fully saturated rings. The predicted octanol–water partition coefficient (Wildman–Crippen LogP) is 3.43. The quantitative estimate of drug-likeness (QED) is 0.518. The molecule has 2 rings (SSSR count). The van der Waals surface area contributed by atoms with Crippen LogP contribution in [-0.4, -0.2) is 39.6 Å². The highest BCUT2D eigenvalue weighted by Crippen LogP contribution is 2.22. The Morgan fingerprint density at radius 2 is 1.65 bits per heavy atom. The van der Waals surface area contributed by atoms with E-state index >= 15 is 0 Å². The third kappa shape index (κ3) is 7.76. The Labute approximate surface area is 186 Å². The largest absolute Gasteiger partial charge is 0.379 e.